The predicted octanol–water partition coefficient (Wildman–Crippen LogP) is 1.79. The second-order valence-electron chi connectivity index (χ2n) is 6.08. The number of hydrogen-bond donors (Lipinski definition) is 1. The van der Waals surface area contributed by atoms with Crippen LogP contribution in [0.1, 0.15) is 50.3 Å². The third-order valence-corrected chi connectivity index (χ3v) is 4.17. The van der Waals surface area contributed by atoms with Gasteiger partial charge in [-0.2, -0.15) is 0 Å². The number of ether oxygens (including phenoxy) is 1. The van der Waals surface area contributed by atoms with E-state index in [0.29, 0.717) is 5.92 Å². The van der Waals surface area contributed by atoms with Crippen molar-refractivity contribution in [1.29, 1.82) is 0 Å². The molecule has 0 spiro atoms. The molecular formula is C14H23N3O. The number of rotatable bonds is 2. The zero-order valence-electron chi connectivity index (χ0n) is 11.6. The van der Waals surface area contributed by atoms with Crippen LogP contribution >= 0.6 is 0 Å². The molecule has 0 aromatic carbocycles. The van der Waals surface area contributed by atoms with Crippen LogP contribution in [0.2, 0.25) is 0 Å². The van der Waals surface area contributed by atoms with Crippen LogP contribution in [-0.4, -0.2) is 29.3 Å². The van der Waals surface area contributed by atoms with Crippen LogP contribution in [0.15, 0.2) is 0 Å². The summed E-state index contributed by atoms with van der Waals surface area (Å²) < 4.78 is 8.15. The van der Waals surface area contributed by atoms with E-state index in [0.717, 1.165) is 39.1 Å². The Balaban J connectivity index is 2.12. The first-order valence-corrected chi connectivity index (χ1v) is 7.01. The molecule has 3 rings (SSSR count). The second kappa shape index (κ2) is 4.35. The van der Waals surface area contributed by atoms with E-state index in [-0.39, 0.29) is 5.54 Å². The maximum atomic E-state index is 5.65. The highest BCUT2D eigenvalue weighted by atomic mass is 16.5. The second-order valence-corrected chi connectivity index (χ2v) is 6.08. The van der Waals surface area contributed by atoms with Gasteiger partial charge in [-0.1, -0.05) is 13.8 Å². The molecule has 4 heteroatoms. The summed E-state index contributed by atoms with van der Waals surface area (Å²) in [6.45, 7) is 10.5. The van der Waals surface area contributed by atoms with Crippen molar-refractivity contribution in [3.63, 3.8) is 0 Å². The summed E-state index contributed by atoms with van der Waals surface area (Å²) in [6.07, 6.45) is 2.19. The monoisotopic (exact) mass is 249 g/mol. The molecule has 1 aromatic rings. The minimum atomic E-state index is 0.109. The maximum Gasteiger partial charge on any atom is 0.112 e. The van der Waals surface area contributed by atoms with Gasteiger partial charge in [-0.15, -0.1) is 0 Å². The normalized spacial score (nSPS) is 27.8. The first-order chi connectivity index (χ1) is 8.62. The molecule has 1 N–H and O–H groups in total. The lowest BCUT2D eigenvalue weighted by Crippen LogP contribution is -2.36. The molecule has 1 saturated heterocycles. The van der Waals surface area contributed by atoms with Gasteiger partial charge in [-0.25, -0.2) is 4.98 Å². The van der Waals surface area contributed by atoms with E-state index in [1.165, 1.54) is 17.2 Å². The van der Waals surface area contributed by atoms with Crippen LogP contribution in [0.25, 0.3) is 0 Å². The van der Waals surface area contributed by atoms with E-state index in [1.54, 1.807) is 0 Å². The highest BCUT2D eigenvalue weighted by molar-refractivity contribution is 5.24. The lowest BCUT2D eigenvalue weighted by Gasteiger charge is -2.30. The molecule has 3 heterocycles. The Bertz CT molecular complexity index is 444. The first kappa shape index (κ1) is 12.2. The summed E-state index contributed by atoms with van der Waals surface area (Å²) in [4.78, 5) is 4.88. The molecular weight excluding hydrogens is 226 g/mol. The van der Waals surface area contributed by atoms with Gasteiger partial charge in [0.2, 0.25) is 0 Å². The quantitative estimate of drug-likeness (QED) is 0.868. The topological polar surface area (TPSA) is 39.1 Å². The average Bonchev–Trinajstić information content (AvgIpc) is 2.93. The van der Waals surface area contributed by atoms with Crippen molar-refractivity contribution in [1.82, 2.24) is 14.9 Å². The van der Waals surface area contributed by atoms with Crippen molar-refractivity contribution in [2.24, 2.45) is 0 Å². The largest absolute Gasteiger partial charge is 0.379 e. The van der Waals surface area contributed by atoms with Crippen molar-refractivity contribution in [2.45, 2.75) is 51.6 Å². The van der Waals surface area contributed by atoms with Gasteiger partial charge < -0.3 is 14.6 Å². The van der Waals surface area contributed by atoms with Crippen LogP contribution in [0, 0.1) is 0 Å². The van der Waals surface area contributed by atoms with Crippen molar-refractivity contribution < 1.29 is 4.74 Å². The summed E-state index contributed by atoms with van der Waals surface area (Å²) in [5.74, 6) is 1.70. The van der Waals surface area contributed by atoms with E-state index < -0.39 is 0 Å². The summed E-state index contributed by atoms with van der Waals surface area (Å²) in [5, 5.41) is 3.42. The van der Waals surface area contributed by atoms with E-state index in [9.17, 15) is 0 Å². The standard InChI is InChI=1S/C14H23N3O/c1-10(2)13-16-11-8-15-6-4-12(11)17(13)14(3)5-7-18-9-14/h10,15H,4-9H2,1-3H3. The average molecular weight is 249 g/mol. The van der Waals surface area contributed by atoms with Crippen LogP contribution in [0.5, 0.6) is 0 Å². The number of imidazole rings is 1. The first-order valence-electron chi connectivity index (χ1n) is 7.01. The third kappa shape index (κ3) is 1.79. The van der Waals surface area contributed by atoms with Crippen molar-refractivity contribution >= 4 is 0 Å². The number of aromatic nitrogens is 2. The molecule has 2 aliphatic rings. The van der Waals surface area contributed by atoms with Gasteiger partial charge in [-0.05, 0) is 13.3 Å². The number of fused-ring (bicyclic) bond motifs is 1. The Hall–Kier alpha value is -0.870. The number of nitrogens with zero attached hydrogens (tertiary/aromatic N) is 2. The van der Waals surface area contributed by atoms with Crippen LogP contribution in [-0.2, 0) is 23.2 Å². The Morgan fingerprint density at radius 3 is 2.94 bits per heavy atom. The maximum absolute atomic E-state index is 5.65. The van der Waals surface area contributed by atoms with Crippen molar-refractivity contribution in [3.05, 3.63) is 17.2 Å². The summed E-state index contributed by atoms with van der Waals surface area (Å²) in [6, 6.07) is 0. The Kier molecular flexibility index (Phi) is 2.94. The number of hydrogen-bond acceptors (Lipinski definition) is 3. The Morgan fingerprint density at radius 1 is 1.44 bits per heavy atom. The minimum absolute atomic E-state index is 0.109. The van der Waals surface area contributed by atoms with Gasteiger partial charge >= 0.3 is 0 Å². The van der Waals surface area contributed by atoms with E-state index in [4.69, 9.17) is 9.72 Å². The summed E-state index contributed by atoms with van der Waals surface area (Å²) >= 11 is 0. The smallest absolute Gasteiger partial charge is 0.112 e. The third-order valence-electron chi connectivity index (χ3n) is 4.17. The van der Waals surface area contributed by atoms with E-state index in [1.807, 2.05) is 0 Å². The van der Waals surface area contributed by atoms with Gasteiger partial charge in [0.15, 0.2) is 0 Å². The molecule has 2 aliphatic heterocycles. The Labute approximate surface area is 109 Å². The van der Waals surface area contributed by atoms with Gasteiger partial charge in [0.05, 0.1) is 17.8 Å². The fraction of sp³-hybridized carbons (Fsp3) is 0.786. The van der Waals surface area contributed by atoms with Crippen LogP contribution in [0.3, 0.4) is 0 Å². The highest BCUT2D eigenvalue weighted by Gasteiger charge is 2.37. The fourth-order valence-corrected chi connectivity index (χ4v) is 3.15. The molecule has 1 fully saturated rings. The van der Waals surface area contributed by atoms with Crippen molar-refractivity contribution in [2.75, 3.05) is 19.8 Å². The molecule has 4 nitrogen and oxygen atoms in total. The van der Waals surface area contributed by atoms with Gasteiger partial charge in [-0.3, -0.25) is 0 Å². The van der Waals surface area contributed by atoms with Crippen LogP contribution < -0.4 is 5.32 Å². The molecule has 1 aromatic heterocycles. The summed E-state index contributed by atoms with van der Waals surface area (Å²) in [7, 11) is 0. The molecule has 0 bridgehead atoms. The minimum Gasteiger partial charge on any atom is -0.379 e. The van der Waals surface area contributed by atoms with E-state index >= 15 is 0 Å². The summed E-state index contributed by atoms with van der Waals surface area (Å²) in [5.41, 5.74) is 2.79. The van der Waals surface area contributed by atoms with Gasteiger partial charge in [0, 0.05) is 37.7 Å². The molecule has 0 radical (unpaired) electrons. The van der Waals surface area contributed by atoms with Crippen LogP contribution in [0.4, 0.5) is 0 Å². The molecule has 1 unspecified atom stereocenters. The van der Waals surface area contributed by atoms with Gasteiger partial charge in [0.1, 0.15) is 5.82 Å². The SMILES string of the molecule is CC(C)c1nc2c(n1C1(C)CCOC1)CCNC2. The predicted molar refractivity (Wildman–Crippen MR) is 70.8 cm³/mol. The highest BCUT2D eigenvalue weighted by Crippen LogP contribution is 2.34. The zero-order valence-corrected chi connectivity index (χ0v) is 11.6. The lowest BCUT2D eigenvalue weighted by molar-refractivity contribution is 0.158. The van der Waals surface area contributed by atoms with E-state index in [2.05, 4.69) is 30.7 Å². The molecule has 100 valence electrons. The molecule has 18 heavy (non-hydrogen) atoms. The molecule has 0 saturated carbocycles. The fourth-order valence-electron chi connectivity index (χ4n) is 3.15. The number of nitrogens with one attached hydrogen (secondary N) is 1. The molecule has 1 atom stereocenters. The molecule has 0 aliphatic carbocycles. The Morgan fingerprint density at radius 2 is 2.28 bits per heavy atom. The molecule has 0 amide bonds. The van der Waals surface area contributed by atoms with Crippen molar-refractivity contribution in [3.8, 4) is 0 Å². The zero-order chi connectivity index (χ0) is 12.8. The lowest BCUT2D eigenvalue weighted by atomic mass is 9.98. The van der Waals surface area contributed by atoms with Gasteiger partial charge in [0.25, 0.3) is 0 Å².